The number of halogens is 1. The SMILES string of the molecule is C[C@@H](O)C[C@H](N)Cc1ccc(-c2cccc(Cl)c2)cc1. The van der Waals surface area contributed by atoms with Crippen LogP contribution in [-0.2, 0) is 6.42 Å². The first kappa shape index (κ1) is 15.0. The Hall–Kier alpha value is -1.35. The third-order valence-corrected chi connectivity index (χ3v) is 3.49. The Balaban J connectivity index is 2.06. The first-order chi connectivity index (χ1) is 9.54. The molecule has 106 valence electrons. The van der Waals surface area contributed by atoms with Crippen LogP contribution in [0.1, 0.15) is 18.9 Å². The zero-order valence-electron chi connectivity index (χ0n) is 11.6. The largest absolute Gasteiger partial charge is 0.393 e. The zero-order chi connectivity index (χ0) is 14.5. The van der Waals surface area contributed by atoms with E-state index in [9.17, 15) is 5.11 Å². The summed E-state index contributed by atoms with van der Waals surface area (Å²) in [5.41, 5.74) is 9.43. The van der Waals surface area contributed by atoms with Crippen LogP contribution in [0.5, 0.6) is 0 Å². The molecule has 0 saturated heterocycles. The summed E-state index contributed by atoms with van der Waals surface area (Å²) in [4.78, 5) is 0. The molecule has 0 bridgehead atoms. The molecule has 3 N–H and O–H groups in total. The minimum atomic E-state index is -0.351. The first-order valence-electron chi connectivity index (χ1n) is 6.83. The molecular weight excluding hydrogens is 270 g/mol. The lowest BCUT2D eigenvalue weighted by atomic mass is 9.99. The second-order valence-corrected chi connectivity index (χ2v) is 5.69. The van der Waals surface area contributed by atoms with Crippen molar-refractivity contribution in [2.24, 2.45) is 5.73 Å². The lowest BCUT2D eigenvalue weighted by Gasteiger charge is -2.13. The number of hydrogen-bond donors (Lipinski definition) is 2. The van der Waals surface area contributed by atoms with Gasteiger partial charge >= 0.3 is 0 Å². The predicted octanol–water partition coefficient (Wildman–Crippen LogP) is 3.65. The van der Waals surface area contributed by atoms with Gasteiger partial charge in [0.05, 0.1) is 6.10 Å². The van der Waals surface area contributed by atoms with Crippen molar-refractivity contribution in [2.75, 3.05) is 0 Å². The summed E-state index contributed by atoms with van der Waals surface area (Å²) in [5.74, 6) is 0. The van der Waals surface area contributed by atoms with Crippen LogP contribution in [-0.4, -0.2) is 17.3 Å². The molecule has 2 atom stereocenters. The van der Waals surface area contributed by atoms with E-state index in [1.165, 1.54) is 5.56 Å². The Morgan fingerprint density at radius 3 is 2.40 bits per heavy atom. The number of aliphatic hydroxyl groups is 1. The minimum Gasteiger partial charge on any atom is -0.393 e. The van der Waals surface area contributed by atoms with Crippen LogP contribution in [0.4, 0.5) is 0 Å². The summed E-state index contributed by atoms with van der Waals surface area (Å²) in [5, 5.41) is 10.1. The summed E-state index contributed by atoms with van der Waals surface area (Å²) in [7, 11) is 0. The van der Waals surface area contributed by atoms with Gasteiger partial charge < -0.3 is 10.8 Å². The van der Waals surface area contributed by atoms with Crippen LogP contribution in [0.15, 0.2) is 48.5 Å². The number of aliphatic hydroxyl groups excluding tert-OH is 1. The second-order valence-electron chi connectivity index (χ2n) is 5.26. The molecular formula is C17H20ClNO. The molecule has 3 heteroatoms. The third kappa shape index (κ3) is 4.34. The van der Waals surface area contributed by atoms with Crippen molar-refractivity contribution in [3.63, 3.8) is 0 Å². The van der Waals surface area contributed by atoms with E-state index in [1.54, 1.807) is 6.92 Å². The van der Waals surface area contributed by atoms with E-state index < -0.39 is 0 Å². The van der Waals surface area contributed by atoms with Crippen LogP contribution >= 0.6 is 11.6 Å². The molecule has 0 saturated carbocycles. The quantitative estimate of drug-likeness (QED) is 0.882. The van der Waals surface area contributed by atoms with Crippen molar-refractivity contribution in [3.05, 3.63) is 59.1 Å². The fourth-order valence-corrected chi connectivity index (χ4v) is 2.52. The van der Waals surface area contributed by atoms with E-state index in [2.05, 4.69) is 24.3 Å². The summed E-state index contributed by atoms with van der Waals surface area (Å²) < 4.78 is 0. The van der Waals surface area contributed by atoms with Gasteiger partial charge in [0.15, 0.2) is 0 Å². The first-order valence-corrected chi connectivity index (χ1v) is 7.21. The van der Waals surface area contributed by atoms with Crippen LogP contribution in [0.2, 0.25) is 5.02 Å². The van der Waals surface area contributed by atoms with Gasteiger partial charge in [-0.15, -0.1) is 0 Å². The Kier molecular flexibility index (Phi) is 5.18. The van der Waals surface area contributed by atoms with E-state index >= 15 is 0 Å². The molecule has 0 unspecified atom stereocenters. The Morgan fingerprint density at radius 2 is 1.80 bits per heavy atom. The maximum absolute atomic E-state index is 9.33. The van der Waals surface area contributed by atoms with Gasteiger partial charge in [-0.05, 0) is 48.6 Å². The van der Waals surface area contributed by atoms with Crippen LogP contribution in [0.3, 0.4) is 0 Å². The molecule has 0 spiro atoms. The van der Waals surface area contributed by atoms with Crippen molar-refractivity contribution in [1.82, 2.24) is 0 Å². The summed E-state index contributed by atoms with van der Waals surface area (Å²) >= 11 is 6.00. The third-order valence-electron chi connectivity index (χ3n) is 3.25. The molecule has 0 heterocycles. The molecule has 2 aromatic carbocycles. The fourth-order valence-electron chi connectivity index (χ4n) is 2.33. The Bertz CT molecular complexity index is 551. The number of nitrogens with two attached hydrogens (primary N) is 1. The maximum atomic E-state index is 9.33. The van der Waals surface area contributed by atoms with Crippen LogP contribution in [0, 0.1) is 0 Å². The van der Waals surface area contributed by atoms with E-state index in [0.717, 1.165) is 22.6 Å². The van der Waals surface area contributed by atoms with Crippen LogP contribution < -0.4 is 5.73 Å². The molecule has 0 amide bonds. The molecule has 0 fully saturated rings. The second kappa shape index (κ2) is 6.89. The van der Waals surface area contributed by atoms with E-state index in [1.807, 2.05) is 24.3 Å². The van der Waals surface area contributed by atoms with Gasteiger partial charge in [-0.25, -0.2) is 0 Å². The Morgan fingerprint density at radius 1 is 1.10 bits per heavy atom. The van der Waals surface area contributed by atoms with Crippen molar-refractivity contribution in [3.8, 4) is 11.1 Å². The van der Waals surface area contributed by atoms with Gasteiger partial charge in [0.1, 0.15) is 0 Å². The molecule has 0 aliphatic heterocycles. The van der Waals surface area contributed by atoms with Gasteiger partial charge in [-0.2, -0.15) is 0 Å². The maximum Gasteiger partial charge on any atom is 0.0527 e. The molecule has 2 aromatic rings. The highest BCUT2D eigenvalue weighted by Crippen LogP contribution is 2.23. The number of benzene rings is 2. The zero-order valence-corrected chi connectivity index (χ0v) is 12.3. The number of rotatable bonds is 5. The molecule has 0 aliphatic carbocycles. The van der Waals surface area contributed by atoms with E-state index in [0.29, 0.717) is 6.42 Å². The molecule has 20 heavy (non-hydrogen) atoms. The molecule has 0 aliphatic rings. The number of hydrogen-bond acceptors (Lipinski definition) is 2. The Labute approximate surface area is 125 Å². The minimum absolute atomic E-state index is 0.00739. The highest BCUT2D eigenvalue weighted by atomic mass is 35.5. The van der Waals surface area contributed by atoms with E-state index in [-0.39, 0.29) is 12.1 Å². The van der Waals surface area contributed by atoms with E-state index in [4.69, 9.17) is 17.3 Å². The highest BCUT2D eigenvalue weighted by molar-refractivity contribution is 6.30. The highest BCUT2D eigenvalue weighted by Gasteiger charge is 2.08. The smallest absolute Gasteiger partial charge is 0.0527 e. The van der Waals surface area contributed by atoms with Gasteiger partial charge in [0.2, 0.25) is 0 Å². The van der Waals surface area contributed by atoms with Crippen molar-refractivity contribution >= 4 is 11.6 Å². The average Bonchev–Trinajstić information content (AvgIpc) is 2.38. The average molecular weight is 290 g/mol. The normalized spacial score (nSPS) is 14.0. The summed E-state index contributed by atoms with van der Waals surface area (Å²) in [6, 6.07) is 16.1. The van der Waals surface area contributed by atoms with Crippen molar-refractivity contribution in [1.29, 1.82) is 0 Å². The molecule has 0 aromatic heterocycles. The van der Waals surface area contributed by atoms with Crippen molar-refractivity contribution in [2.45, 2.75) is 31.9 Å². The lowest BCUT2D eigenvalue weighted by molar-refractivity contribution is 0.174. The molecule has 0 radical (unpaired) electrons. The standard InChI is InChI=1S/C17H20ClNO/c1-12(20)9-17(19)10-13-5-7-14(8-6-13)15-3-2-4-16(18)11-15/h2-8,11-12,17,20H,9-10,19H2,1H3/t12-,17+/m1/s1. The summed E-state index contributed by atoms with van der Waals surface area (Å²) in [6.07, 6.45) is 1.05. The molecule has 2 nitrogen and oxygen atoms in total. The molecule has 2 rings (SSSR count). The van der Waals surface area contributed by atoms with Gasteiger partial charge in [0.25, 0.3) is 0 Å². The summed E-state index contributed by atoms with van der Waals surface area (Å²) in [6.45, 7) is 1.77. The monoisotopic (exact) mass is 289 g/mol. The van der Waals surface area contributed by atoms with Gasteiger partial charge in [0, 0.05) is 11.1 Å². The van der Waals surface area contributed by atoms with Gasteiger partial charge in [-0.3, -0.25) is 0 Å². The van der Waals surface area contributed by atoms with Gasteiger partial charge in [-0.1, -0.05) is 48.0 Å². The van der Waals surface area contributed by atoms with Crippen molar-refractivity contribution < 1.29 is 5.11 Å². The van der Waals surface area contributed by atoms with Crippen LogP contribution in [0.25, 0.3) is 11.1 Å². The topological polar surface area (TPSA) is 46.2 Å². The fraction of sp³-hybridized carbons (Fsp3) is 0.294. The predicted molar refractivity (Wildman–Crippen MR) is 84.9 cm³/mol. The lowest BCUT2D eigenvalue weighted by Crippen LogP contribution is -2.27.